The molecule has 1 saturated carbocycles. The maximum absolute atomic E-state index is 12.5. The number of rotatable bonds is 5. The molecule has 4 rings (SSSR count). The molecule has 1 aliphatic rings. The highest BCUT2D eigenvalue weighted by atomic mass is 35.5. The highest BCUT2D eigenvalue weighted by Crippen LogP contribution is 2.44. The first-order valence-corrected chi connectivity index (χ1v) is 9.49. The smallest absolute Gasteiger partial charge is 0.309 e. The van der Waals surface area contributed by atoms with Crippen LogP contribution < -0.4 is 14.9 Å². The van der Waals surface area contributed by atoms with E-state index in [1.54, 1.807) is 43.3 Å². The zero-order chi connectivity index (χ0) is 20.8. The number of hydrogen-bond donors (Lipinski definition) is 1. The Morgan fingerprint density at radius 2 is 1.97 bits per heavy atom. The van der Waals surface area contributed by atoms with Crippen LogP contribution in [0.3, 0.4) is 0 Å². The molecule has 0 spiro atoms. The molecule has 0 bridgehead atoms. The van der Waals surface area contributed by atoms with Crippen LogP contribution in [0.15, 0.2) is 51.7 Å². The van der Waals surface area contributed by atoms with Crippen molar-refractivity contribution in [3.63, 3.8) is 0 Å². The topological polar surface area (TPSA) is 86.0 Å². The number of carboxylic acids is 1. The number of ether oxygens (including phenoxy) is 2. The number of carboxylic acid groups (broad SMARTS) is 1. The van der Waals surface area contributed by atoms with Gasteiger partial charge in [-0.2, -0.15) is 0 Å². The average molecular weight is 415 g/mol. The van der Waals surface area contributed by atoms with Crippen molar-refractivity contribution in [3.05, 3.63) is 57.7 Å². The molecule has 0 amide bonds. The zero-order valence-electron chi connectivity index (χ0n) is 15.9. The van der Waals surface area contributed by atoms with E-state index in [0.29, 0.717) is 51.7 Å². The van der Waals surface area contributed by atoms with E-state index < -0.39 is 11.4 Å². The van der Waals surface area contributed by atoms with Gasteiger partial charge in [0.15, 0.2) is 22.5 Å². The summed E-state index contributed by atoms with van der Waals surface area (Å²) in [4.78, 5) is 23.8. The second-order valence-electron chi connectivity index (χ2n) is 7.47. The first-order valence-electron chi connectivity index (χ1n) is 9.11. The minimum Gasteiger partial charge on any atom is -0.493 e. The van der Waals surface area contributed by atoms with Gasteiger partial charge in [-0.05, 0) is 37.3 Å². The summed E-state index contributed by atoms with van der Waals surface area (Å²) in [5.41, 5.74) is -0.0123. The standard InChI is InChI=1S/C22H19ClO6/c1-22(21(25)26)10-13(11-22)28-19-8-12(6-7-17(19)27-2)18-9-16(24)14-4-3-5-15(23)20(14)29-18/h3-9,13H,10-11H2,1-2H3,(H,25,26). The summed E-state index contributed by atoms with van der Waals surface area (Å²) in [7, 11) is 1.53. The first kappa shape index (κ1) is 19.3. The van der Waals surface area contributed by atoms with Gasteiger partial charge in [-0.25, -0.2) is 0 Å². The maximum atomic E-state index is 12.5. The lowest BCUT2D eigenvalue weighted by Gasteiger charge is -2.41. The SMILES string of the molecule is COc1ccc(-c2cc(=O)c3cccc(Cl)c3o2)cc1OC1CC(C)(C(=O)O)C1. The molecule has 0 saturated heterocycles. The second-order valence-corrected chi connectivity index (χ2v) is 7.88. The van der Waals surface area contributed by atoms with Crippen LogP contribution in [0.4, 0.5) is 0 Å². The average Bonchev–Trinajstić information content (AvgIpc) is 2.67. The number of methoxy groups -OCH3 is 1. The fraction of sp³-hybridized carbons (Fsp3) is 0.273. The van der Waals surface area contributed by atoms with Crippen LogP contribution in [-0.2, 0) is 4.79 Å². The Labute approximate surface area is 171 Å². The zero-order valence-corrected chi connectivity index (χ0v) is 16.7. The third-order valence-corrected chi connectivity index (χ3v) is 5.62. The van der Waals surface area contributed by atoms with Gasteiger partial charge in [-0.1, -0.05) is 17.7 Å². The predicted octanol–water partition coefficient (Wildman–Crippen LogP) is 4.75. The molecule has 1 heterocycles. The van der Waals surface area contributed by atoms with Crippen LogP contribution >= 0.6 is 11.6 Å². The number of halogens is 1. The Bertz CT molecular complexity index is 1160. The minimum atomic E-state index is -0.826. The van der Waals surface area contributed by atoms with Crippen LogP contribution in [0.2, 0.25) is 5.02 Å². The molecule has 2 aromatic carbocycles. The van der Waals surface area contributed by atoms with E-state index in [4.69, 9.17) is 25.5 Å². The van der Waals surface area contributed by atoms with Gasteiger partial charge in [-0.3, -0.25) is 9.59 Å². The number of hydrogen-bond acceptors (Lipinski definition) is 5. The second kappa shape index (κ2) is 7.12. The van der Waals surface area contributed by atoms with Crippen LogP contribution in [0.25, 0.3) is 22.3 Å². The van der Waals surface area contributed by atoms with Gasteiger partial charge in [0.2, 0.25) is 0 Å². The molecule has 1 aromatic heterocycles. The number of para-hydroxylation sites is 1. The number of aliphatic carboxylic acids is 1. The summed E-state index contributed by atoms with van der Waals surface area (Å²) in [5.74, 6) is 0.503. The van der Waals surface area contributed by atoms with Crippen LogP contribution in [0.1, 0.15) is 19.8 Å². The summed E-state index contributed by atoms with van der Waals surface area (Å²) >= 11 is 6.19. The van der Waals surface area contributed by atoms with Crippen molar-refractivity contribution in [1.82, 2.24) is 0 Å². The van der Waals surface area contributed by atoms with Crippen molar-refractivity contribution in [2.75, 3.05) is 7.11 Å². The van der Waals surface area contributed by atoms with Gasteiger partial charge >= 0.3 is 5.97 Å². The highest BCUT2D eigenvalue weighted by molar-refractivity contribution is 6.34. The van der Waals surface area contributed by atoms with Crippen molar-refractivity contribution in [2.45, 2.75) is 25.9 Å². The maximum Gasteiger partial charge on any atom is 0.309 e. The van der Waals surface area contributed by atoms with Crippen LogP contribution in [0, 0.1) is 5.41 Å². The molecule has 0 unspecified atom stereocenters. The lowest BCUT2D eigenvalue weighted by Crippen LogP contribution is -2.47. The van der Waals surface area contributed by atoms with E-state index in [2.05, 4.69) is 0 Å². The molecule has 0 radical (unpaired) electrons. The van der Waals surface area contributed by atoms with E-state index in [1.165, 1.54) is 13.2 Å². The fourth-order valence-corrected chi connectivity index (χ4v) is 3.80. The summed E-state index contributed by atoms with van der Waals surface area (Å²) in [6.07, 6.45) is 0.602. The lowest BCUT2D eigenvalue weighted by atomic mass is 9.68. The lowest BCUT2D eigenvalue weighted by molar-refractivity contribution is -0.159. The summed E-state index contributed by atoms with van der Waals surface area (Å²) in [6, 6.07) is 11.6. The van der Waals surface area contributed by atoms with E-state index in [9.17, 15) is 14.7 Å². The normalized spacial score (nSPS) is 20.9. The summed E-state index contributed by atoms with van der Waals surface area (Å²) in [5, 5.41) is 10.0. The monoisotopic (exact) mass is 414 g/mol. The Kier molecular flexibility index (Phi) is 4.74. The third kappa shape index (κ3) is 3.44. The minimum absolute atomic E-state index is 0.196. The molecule has 1 aliphatic carbocycles. The van der Waals surface area contributed by atoms with Crippen molar-refractivity contribution in [3.8, 4) is 22.8 Å². The number of carbonyl (C=O) groups is 1. The van der Waals surface area contributed by atoms with Crippen molar-refractivity contribution < 1.29 is 23.8 Å². The van der Waals surface area contributed by atoms with Crippen LogP contribution in [-0.4, -0.2) is 24.3 Å². The highest BCUT2D eigenvalue weighted by Gasteiger charge is 2.48. The molecule has 0 atom stereocenters. The van der Waals surface area contributed by atoms with Gasteiger partial charge in [0.25, 0.3) is 0 Å². The predicted molar refractivity (Wildman–Crippen MR) is 109 cm³/mol. The Hall–Kier alpha value is -2.99. The molecular weight excluding hydrogens is 396 g/mol. The van der Waals surface area contributed by atoms with Gasteiger partial charge in [0, 0.05) is 24.5 Å². The molecule has 7 heteroatoms. The van der Waals surface area contributed by atoms with Gasteiger partial charge in [0.1, 0.15) is 11.9 Å². The Morgan fingerprint density at radius 3 is 2.66 bits per heavy atom. The number of fused-ring (bicyclic) bond motifs is 1. The molecule has 150 valence electrons. The van der Waals surface area contributed by atoms with Crippen molar-refractivity contribution in [1.29, 1.82) is 0 Å². The van der Waals surface area contributed by atoms with Gasteiger partial charge < -0.3 is 19.0 Å². The first-order chi connectivity index (χ1) is 13.8. The van der Waals surface area contributed by atoms with E-state index in [1.807, 2.05) is 0 Å². The molecule has 0 aliphatic heterocycles. The molecule has 1 N–H and O–H groups in total. The summed E-state index contributed by atoms with van der Waals surface area (Å²) in [6.45, 7) is 1.70. The molecule has 3 aromatic rings. The van der Waals surface area contributed by atoms with E-state index >= 15 is 0 Å². The van der Waals surface area contributed by atoms with E-state index in [0.717, 1.165) is 0 Å². The molecule has 6 nitrogen and oxygen atoms in total. The van der Waals surface area contributed by atoms with Gasteiger partial charge in [0.05, 0.1) is 22.9 Å². The third-order valence-electron chi connectivity index (χ3n) is 5.32. The summed E-state index contributed by atoms with van der Waals surface area (Å²) < 4.78 is 17.2. The van der Waals surface area contributed by atoms with Crippen molar-refractivity contribution in [2.24, 2.45) is 5.41 Å². The van der Waals surface area contributed by atoms with Crippen LogP contribution in [0.5, 0.6) is 11.5 Å². The molecular formula is C22H19ClO6. The number of benzene rings is 2. The van der Waals surface area contributed by atoms with Crippen molar-refractivity contribution >= 4 is 28.5 Å². The molecule has 1 fully saturated rings. The molecule has 29 heavy (non-hydrogen) atoms. The van der Waals surface area contributed by atoms with E-state index in [-0.39, 0.29) is 11.5 Å². The fourth-order valence-electron chi connectivity index (χ4n) is 3.59. The Morgan fingerprint density at radius 1 is 1.21 bits per heavy atom. The largest absolute Gasteiger partial charge is 0.493 e. The quantitative estimate of drug-likeness (QED) is 0.648. The van der Waals surface area contributed by atoms with Gasteiger partial charge in [-0.15, -0.1) is 0 Å². The Balaban J connectivity index is 1.69.